The van der Waals surface area contributed by atoms with E-state index >= 15 is 0 Å². The zero-order valence-electron chi connectivity index (χ0n) is 25.8. The van der Waals surface area contributed by atoms with Crippen molar-refractivity contribution in [1.82, 2.24) is 15.1 Å². The van der Waals surface area contributed by atoms with E-state index in [0.29, 0.717) is 5.56 Å². The second-order valence-electron chi connectivity index (χ2n) is 11.7. The van der Waals surface area contributed by atoms with E-state index < -0.39 is 15.7 Å². The first-order chi connectivity index (χ1) is 20.3. The summed E-state index contributed by atoms with van der Waals surface area (Å²) in [7, 11) is -4.00. The molecule has 1 amide bonds. The number of anilines is 1. The SMILES string of the molecule is CCC(CC)(NC(=O)c1c(C)nn2c1N[C@@H](c1ccccc1)CC2(C)C)c1ccc(C)cc1.O=S(=O)(O)c1ccccc1. The molecule has 0 unspecified atom stereocenters. The number of carbonyl (C=O) groups excluding carboxylic acids is 1. The zero-order chi connectivity index (χ0) is 31.4. The second kappa shape index (κ2) is 12.7. The number of amides is 1. The molecule has 1 aliphatic rings. The summed E-state index contributed by atoms with van der Waals surface area (Å²) in [6, 6.07) is 26.5. The van der Waals surface area contributed by atoms with Crippen molar-refractivity contribution in [2.75, 3.05) is 5.32 Å². The molecule has 0 fully saturated rings. The van der Waals surface area contributed by atoms with Gasteiger partial charge < -0.3 is 10.6 Å². The van der Waals surface area contributed by atoms with Crippen LogP contribution in [-0.4, -0.2) is 28.7 Å². The summed E-state index contributed by atoms with van der Waals surface area (Å²) in [4.78, 5) is 13.7. The Hall–Kier alpha value is -3.95. The first kappa shape index (κ1) is 32.0. The van der Waals surface area contributed by atoms with Crippen LogP contribution < -0.4 is 10.6 Å². The molecule has 3 N–H and O–H groups in total. The molecule has 2 heterocycles. The Morgan fingerprint density at radius 1 is 0.977 bits per heavy atom. The van der Waals surface area contributed by atoms with E-state index in [9.17, 15) is 13.2 Å². The van der Waals surface area contributed by atoms with Gasteiger partial charge in [-0.05, 0) is 70.2 Å². The average molecular weight is 603 g/mol. The van der Waals surface area contributed by atoms with Gasteiger partial charge >= 0.3 is 0 Å². The van der Waals surface area contributed by atoms with Gasteiger partial charge in [-0.3, -0.25) is 9.35 Å². The van der Waals surface area contributed by atoms with Crippen molar-refractivity contribution in [1.29, 1.82) is 0 Å². The minimum absolute atomic E-state index is 0.0740. The number of nitrogens with one attached hydrogen (secondary N) is 2. The lowest BCUT2D eigenvalue weighted by atomic mass is 9.84. The molecule has 43 heavy (non-hydrogen) atoms. The van der Waals surface area contributed by atoms with Gasteiger partial charge in [-0.2, -0.15) is 13.5 Å². The Morgan fingerprint density at radius 3 is 2.05 bits per heavy atom. The summed E-state index contributed by atoms with van der Waals surface area (Å²) in [5, 5.41) is 11.9. The van der Waals surface area contributed by atoms with Gasteiger partial charge in [0, 0.05) is 0 Å². The Kier molecular flexibility index (Phi) is 9.47. The summed E-state index contributed by atoms with van der Waals surface area (Å²) in [6.07, 6.45) is 2.52. The average Bonchev–Trinajstić information content (AvgIpc) is 3.34. The molecule has 8 nitrogen and oxygen atoms in total. The van der Waals surface area contributed by atoms with Crippen molar-refractivity contribution < 1.29 is 17.8 Å². The lowest BCUT2D eigenvalue weighted by molar-refractivity contribution is 0.0889. The van der Waals surface area contributed by atoms with Gasteiger partial charge in [-0.15, -0.1) is 0 Å². The van der Waals surface area contributed by atoms with E-state index in [1.807, 2.05) is 17.7 Å². The van der Waals surface area contributed by atoms with Gasteiger partial charge in [-0.1, -0.05) is 92.2 Å². The first-order valence-corrected chi connectivity index (χ1v) is 16.1. The van der Waals surface area contributed by atoms with E-state index in [-0.39, 0.29) is 22.4 Å². The highest BCUT2D eigenvalue weighted by atomic mass is 32.2. The molecule has 3 aromatic carbocycles. The molecule has 0 spiro atoms. The Balaban J connectivity index is 0.000000359. The lowest BCUT2D eigenvalue weighted by Gasteiger charge is -2.38. The van der Waals surface area contributed by atoms with E-state index in [1.165, 1.54) is 23.3 Å². The fraction of sp³-hybridized carbons (Fsp3) is 0.353. The van der Waals surface area contributed by atoms with Crippen LogP contribution in [0.1, 0.15) is 85.7 Å². The van der Waals surface area contributed by atoms with Crippen molar-refractivity contribution in [2.24, 2.45) is 0 Å². The quantitative estimate of drug-likeness (QED) is 0.193. The number of aromatic nitrogens is 2. The minimum atomic E-state index is -4.00. The summed E-state index contributed by atoms with van der Waals surface area (Å²) in [5.74, 6) is 0.732. The van der Waals surface area contributed by atoms with Crippen LogP contribution in [0.3, 0.4) is 0 Å². The maximum atomic E-state index is 13.8. The summed E-state index contributed by atoms with van der Waals surface area (Å²) < 4.78 is 31.2. The number of rotatable bonds is 7. The van der Waals surface area contributed by atoms with Crippen molar-refractivity contribution in [2.45, 2.75) is 82.8 Å². The van der Waals surface area contributed by atoms with Gasteiger partial charge in [-0.25, -0.2) is 4.68 Å². The number of hydrogen-bond acceptors (Lipinski definition) is 5. The maximum absolute atomic E-state index is 13.8. The van der Waals surface area contributed by atoms with Crippen molar-refractivity contribution in [3.05, 3.63) is 113 Å². The molecule has 0 bridgehead atoms. The molecule has 1 aliphatic heterocycles. The molecular formula is C34H42N4O4S. The number of aryl methyl sites for hydroxylation is 2. The molecule has 5 rings (SSSR count). The maximum Gasteiger partial charge on any atom is 0.294 e. The molecule has 0 saturated heterocycles. The van der Waals surface area contributed by atoms with E-state index in [0.717, 1.165) is 36.3 Å². The molecule has 4 aromatic rings. The van der Waals surface area contributed by atoms with Gasteiger partial charge in [0.15, 0.2) is 0 Å². The second-order valence-corrected chi connectivity index (χ2v) is 13.2. The highest BCUT2D eigenvalue weighted by molar-refractivity contribution is 7.85. The van der Waals surface area contributed by atoms with E-state index in [2.05, 4.69) is 93.8 Å². The first-order valence-electron chi connectivity index (χ1n) is 14.6. The van der Waals surface area contributed by atoms with Crippen molar-refractivity contribution in [3.63, 3.8) is 0 Å². The van der Waals surface area contributed by atoms with Gasteiger partial charge in [0.2, 0.25) is 0 Å². The monoisotopic (exact) mass is 602 g/mol. The van der Waals surface area contributed by atoms with Crippen LogP contribution in [0, 0.1) is 13.8 Å². The Bertz CT molecular complexity index is 1640. The predicted molar refractivity (Wildman–Crippen MR) is 171 cm³/mol. The van der Waals surface area contributed by atoms with Crippen molar-refractivity contribution in [3.8, 4) is 0 Å². The highest BCUT2D eigenvalue weighted by Crippen LogP contribution is 2.41. The topological polar surface area (TPSA) is 113 Å². The third-order valence-electron chi connectivity index (χ3n) is 8.28. The molecule has 9 heteroatoms. The summed E-state index contributed by atoms with van der Waals surface area (Å²) in [6.45, 7) is 12.7. The van der Waals surface area contributed by atoms with E-state index in [1.54, 1.807) is 18.2 Å². The van der Waals surface area contributed by atoms with Gasteiger partial charge in [0.05, 0.1) is 27.7 Å². The van der Waals surface area contributed by atoms with Crippen LogP contribution in [-0.2, 0) is 21.2 Å². The molecule has 228 valence electrons. The smallest absolute Gasteiger partial charge is 0.294 e. The fourth-order valence-corrected chi connectivity index (χ4v) is 6.21. The largest absolute Gasteiger partial charge is 0.363 e. The molecule has 0 aliphatic carbocycles. The zero-order valence-corrected chi connectivity index (χ0v) is 26.6. The Morgan fingerprint density at radius 2 is 1.53 bits per heavy atom. The normalized spacial score (nSPS) is 15.8. The number of fused-ring (bicyclic) bond motifs is 1. The summed E-state index contributed by atoms with van der Waals surface area (Å²) in [5.41, 5.74) is 4.33. The standard InChI is InChI=1S/C28H36N4O.C6H6O3S/c1-7-28(8-2,22-16-14-19(3)15-17-22)30-26(33)24-20(4)31-32-25(24)29-23(18-27(32,5)6)21-12-10-9-11-13-21;7-10(8,9)6-4-2-1-3-5-6/h9-17,23,29H,7-8,18H2,1-6H3,(H,30,33);1-5H,(H,7,8,9)/t23-;/m1./s1. The van der Waals surface area contributed by atoms with Crippen LogP contribution in [0.4, 0.5) is 5.82 Å². The van der Waals surface area contributed by atoms with Crippen molar-refractivity contribution >= 4 is 21.8 Å². The van der Waals surface area contributed by atoms with Crippen LogP contribution in [0.5, 0.6) is 0 Å². The third-order valence-corrected chi connectivity index (χ3v) is 9.15. The molecular weight excluding hydrogens is 560 g/mol. The van der Waals surface area contributed by atoms with E-state index in [4.69, 9.17) is 9.65 Å². The number of nitrogens with zero attached hydrogens (tertiary/aromatic N) is 2. The number of hydrogen-bond donors (Lipinski definition) is 3. The molecule has 0 radical (unpaired) electrons. The third kappa shape index (κ3) is 7.00. The summed E-state index contributed by atoms with van der Waals surface area (Å²) >= 11 is 0. The lowest BCUT2D eigenvalue weighted by Crippen LogP contribution is -2.45. The molecule has 0 saturated carbocycles. The predicted octanol–water partition coefficient (Wildman–Crippen LogP) is 7.17. The van der Waals surface area contributed by atoms with Crippen LogP contribution in [0.15, 0.2) is 89.8 Å². The van der Waals surface area contributed by atoms with Crippen LogP contribution in [0.2, 0.25) is 0 Å². The highest BCUT2D eigenvalue weighted by Gasteiger charge is 2.39. The fourth-order valence-electron chi connectivity index (χ4n) is 5.71. The van der Waals surface area contributed by atoms with Gasteiger partial charge in [0.1, 0.15) is 11.4 Å². The van der Waals surface area contributed by atoms with Crippen LogP contribution in [0.25, 0.3) is 0 Å². The number of carbonyl (C=O) groups is 1. The molecule has 1 aromatic heterocycles. The van der Waals surface area contributed by atoms with Crippen LogP contribution >= 0.6 is 0 Å². The Labute approximate surface area is 255 Å². The van der Waals surface area contributed by atoms with Gasteiger partial charge in [0.25, 0.3) is 16.0 Å². The molecule has 1 atom stereocenters. The number of benzene rings is 3. The minimum Gasteiger partial charge on any atom is -0.363 e.